The van der Waals surface area contributed by atoms with Crippen molar-refractivity contribution in [3.8, 4) is 0 Å². The largest absolute Gasteiger partial charge is 0.389 e. The lowest BCUT2D eigenvalue weighted by Crippen LogP contribution is -2.25. The monoisotopic (exact) mass is 317 g/mol. The van der Waals surface area contributed by atoms with Crippen molar-refractivity contribution in [3.63, 3.8) is 0 Å². The zero-order valence-electron chi connectivity index (χ0n) is 11.7. The summed E-state index contributed by atoms with van der Waals surface area (Å²) in [6.45, 7) is 0.533. The Bertz CT molecular complexity index is 534. The Kier molecular flexibility index (Phi) is 5.41. The molecule has 0 saturated heterocycles. The van der Waals surface area contributed by atoms with Crippen molar-refractivity contribution in [3.05, 3.63) is 40.6 Å². The molecular formula is C14H18F3N3S. The molecule has 2 aromatic heterocycles. The molecule has 0 amide bonds. The Morgan fingerprint density at radius 3 is 2.76 bits per heavy atom. The molecule has 7 heteroatoms. The van der Waals surface area contributed by atoms with E-state index in [1.807, 2.05) is 35.3 Å². The molecule has 0 bridgehead atoms. The first-order chi connectivity index (χ1) is 9.97. The number of unbranched alkanes of at least 4 members (excludes halogenated alkanes) is 1. The van der Waals surface area contributed by atoms with Gasteiger partial charge in [0.2, 0.25) is 0 Å². The second kappa shape index (κ2) is 7.09. The first kappa shape index (κ1) is 16.0. The number of nitrogens with zero attached hydrogens (tertiary/aromatic N) is 2. The van der Waals surface area contributed by atoms with E-state index in [1.165, 1.54) is 0 Å². The van der Waals surface area contributed by atoms with E-state index in [2.05, 4.69) is 10.3 Å². The third-order valence-electron chi connectivity index (χ3n) is 3.18. The van der Waals surface area contributed by atoms with Crippen LogP contribution in [0.3, 0.4) is 0 Å². The third-order valence-corrected chi connectivity index (χ3v) is 4.12. The van der Waals surface area contributed by atoms with E-state index in [0.717, 1.165) is 10.7 Å². The summed E-state index contributed by atoms with van der Waals surface area (Å²) in [6.07, 6.45) is -0.559. The van der Waals surface area contributed by atoms with Gasteiger partial charge in [-0.3, -0.25) is 0 Å². The second-order valence-corrected chi connectivity index (χ2v) is 5.85. The number of hydrogen-bond acceptors (Lipinski definition) is 3. The normalized spacial score (nSPS) is 13.5. The first-order valence-corrected chi connectivity index (χ1v) is 7.66. The molecular weight excluding hydrogens is 299 g/mol. The summed E-state index contributed by atoms with van der Waals surface area (Å²) in [5.74, 6) is 0.869. The van der Waals surface area contributed by atoms with Gasteiger partial charge in [0.15, 0.2) is 0 Å². The van der Waals surface area contributed by atoms with Crippen molar-refractivity contribution in [2.24, 2.45) is 7.05 Å². The van der Waals surface area contributed by atoms with Crippen molar-refractivity contribution < 1.29 is 13.2 Å². The van der Waals surface area contributed by atoms with E-state index in [0.29, 0.717) is 13.0 Å². The Labute approximate surface area is 125 Å². The van der Waals surface area contributed by atoms with Crippen LogP contribution < -0.4 is 5.32 Å². The molecule has 2 heterocycles. The fourth-order valence-electron chi connectivity index (χ4n) is 2.13. The standard InChI is InChI=1S/C14H18F3N3S/c1-20-9-8-19-13(20)12(11-5-4-10-21-11)18-7-3-2-6-14(15,16)17/h4-5,8-10,12,18H,2-3,6-7H2,1H3. The van der Waals surface area contributed by atoms with Crippen molar-refractivity contribution in [1.29, 1.82) is 0 Å². The van der Waals surface area contributed by atoms with E-state index in [4.69, 9.17) is 0 Å². The van der Waals surface area contributed by atoms with Gasteiger partial charge in [-0.2, -0.15) is 13.2 Å². The fraction of sp³-hybridized carbons (Fsp3) is 0.500. The topological polar surface area (TPSA) is 29.9 Å². The van der Waals surface area contributed by atoms with Crippen LogP contribution in [0.5, 0.6) is 0 Å². The summed E-state index contributed by atoms with van der Waals surface area (Å²) in [5.41, 5.74) is 0. The van der Waals surface area contributed by atoms with E-state index < -0.39 is 12.6 Å². The lowest BCUT2D eigenvalue weighted by Gasteiger charge is -2.17. The number of imidazole rings is 1. The van der Waals surface area contributed by atoms with Gasteiger partial charge in [-0.1, -0.05) is 6.07 Å². The van der Waals surface area contributed by atoms with Gasteiger partial charge in [0, 0.05) is 30.7 Å². The highest BCUT2D eigenvalue weighted by molar-refractivity contribution is 7.10. The molecule has 0 aliphatic carbocycles. The molecule has 3 nitrogen and oxygen atoms in total. The number of hydrogen-bond donors (Lipinski definition) is 1. The van der Waals surface area contributed by atoms with Crippen LogP contribution in [0, 0.1) is 0 Å². The van der Waals surface area contributed by atoms with Gasteiger partial charge >= 0.3 is 6.18 Å². The quantitative estimate of drug-likeness (QED) is 0.785. The van der Waals surface area contributed by atoms with Crippen LogP contribution in [0.15, 0.2) is 29.9 Å². The minimum absolute atomic E-state index is 0.0733. The van der Waals surface area contributed by atoms with E-state index in [-0.39, 0.29) is 12.5 Å². The smallest absolute Gasteiger partial charge is 0.336 e. The summed E-state index contributed by atoms with van der Waals surface area (Å²) >= 11 is 1.61. The summed E-state index contributed by atoms with van der Waals surface area (Å²) in [6, 6.07) is 3.89. The molecule has 0 spiro atoms. The van der Waals surface area contributed by atoms with Gasteiger partial charge in [-0.05, 0) is 30.8 Å². The number of aromatic nitrogens is 2. The fourth-order valence-corrected chi connectivity index (χ4v) is 2.92. The van der Waals surface area contributed by atoms with Crippen LogP contribution in [0.4, 0.5) is 13.2 Å². The highest BCUT2D eigenvalue weighted by Crippen LogP contribution is 2.25. The van der Waals surface area contributed by atoms with Gasteiger partial charge < -0.3 is 9.88 Å². The second-order valence-electron chi connectivity index (χ2n) is 4.87. The maximum Gasteiger partial charge on any atom is 0.389 e. The van der Waals surface area contributed by atoms with Gasteiger partial charge in [0.1, 0.15) is 11.9 Å². The van der Waals surface area contributed by atoms with Crippen molar-refractivity contribution in [1.82, 2.24) is 14.9 Å². The predicted octanol–water partition coefficient (Wildman–Crippen LogP) is 3.89. The van der Waals surface area contributed by atoms with Crippen LogP contribution in [0.25, 0.3) is 0 Å². The minimum atomic E-state index is -4.06. The van der Waals surface area contributed by atoms with E-state index >= 15 is 0 Å². The molecule has 21 heavy (non-hydrogen) atoms. The van der Waals surface area contributed by atoms with Gasteiger partial charge in [0.25, 0.3) is 0 Å². The molecule has 1 atom stereocenters. The third kappa shape index (κ3) is 4.86. The van der Waals surface area contributed by atoms with Crippen LogP contribution in [-0.2, 0) is 7.05 Å². The van der Waals surface area contributed by atoms with E-state index in [9.17, 15) is 13.2 Å². The summed E-state index contributed by atoms with van der Waals surface area (Å²) in [4.78, 5) is 5.45. The first-order valence-electron chi connectivity index (χ1n) is 6.78. The number of thiophene rings is 1. The SMILES string of the molecule is Cn1ccnc1C(NCCCCC(F)(F)F)c1cccs1. The average Bonchev–Trinajstić information content (AvgIpc) is 3.04. The molecule has 2 aromatic rings. The maximum atomic E-state index is 12.1. The number of halogens is 3. The molecule has 0 aliphatic heterocycles. The molecule has 0 saturated carbocycles. The molecule has 0 aromatic carbocycles. The predicted molar refractivity (Wildman–Crippen MR) is 77.3 cm³/mol. The Hall–Kier alpha value is -1.34. The Morgan fingerprint density at radius 1 is 1.38 bits per heavy atom. The summed E-state index contributed by atoms with van der Waals surface area (Å²) < 4.78 is 38.3. The average molecular weight is 317 g/mol. The number of alkyl halides is 3. The minimum Gasteiger partial charge on any atom is -0.336 e. The zero-order chi connectivity index (χ0) is 15.3. The highest BCUT2D eigenvalue weighted by Gasteiger charge is 2.26. The zero-order valence-corrected chi connectivity index (χ0v) is 12.5. The van der Waals surface area contributed by atoms with Gasteiger partial charge in [0.05, 0.1) is 0 Å². The molecule has 116 valence electrons. The van der Waals surface area contributed by atoms with Gasteiger partial charge in [-0.15, -0.1) is 11.3 Å². The lowest BCUT2D eigenvalue weighted by molar-refractivity contribution is -0.135. The lowest BCUT2D eigenvalue weighted by atomic mass is 10.2. The van der Waals surface area contributed by atoms with Crippen molar-refractivity contribution >= 4 is 11.3 Å². The van der Waals surface area contributed by atoms with Crippen LogP contribution >= 0.6 is 11.3 Å². The van der Waals surface area contributed by atoms with Crippen LogP contribution in [-0.4, -0.2) is 22.3 Å². The summed E-state index contributed by atoms with van der Waals surface area (Å²) in [7, 11) is 1.91. The molecule has 1 unspecified atom stereocenters. The Morgan fingerprint density at radius 2 is 2.19 bits per heavy atom. The molecule has 0 fully saturated rings. The maximum absolute atomic E-state index is 12.1. The van der Waals surface area contributed by atoms with Gasteiger partial charge in [-0.25, -0.2) is 4.98 Å². The van der Waals surface area contributed by atoms with Crippen molar-refractivity contribution in [2.45, 2.75) is 31.5 Å². The highest BCUT2D eigenvalue weighted by atomic mass is 32.1. The molecule has 2 rings (SSSR count). The molecule has 1 N–H and O–H groups in total. The summed E-state index contributed by atoms with van der Waals surface area (Å²) in [5, 5.41) is 5.29. The van der Waals surface area contributed by atoms with Crippen LogP contribution in [0.2, 0.25) is 0 Å². The van der Waals surface area contributed by atoms with E-state index in [1.54, 1.807) is 17.5 Å². The van der Waals surface area contributed by atoms with Crippen LogP contribution in [0.1, 0.15) is 36.0 Å². The molecule has 0 aliphatic rings. The number of nitrogens with one attached hydrogen (secondary N) is 1. The number of rotatable bonds is 7. The number of aryl methyl sites for hydroxylation is 1. The molecule has 0 radical (unpaired) electrons. The van der Waals surface area contributed by atoms with Crippen molar-refractivity contribution in [2.75, 3.05) is 6.54 Å². The Balaban J connectivity index is 1.91.